The molecule has 1 aliphatic heterocycles. The van der Waals surface area contributed by atoms with Crippen molar-refractivity contribution in [1.82, 2.24) is 4.90 Å². The Bertz CT molecular complexity index is 1630. The second kappa shape index (κ2) is 11.8. The monoisotopic (exact) mass is 691 g/mol. The molecule has 1 amide bonds. The van der Waals surface area contributed by atoms with Crippen LogP contribution in [0.15, 0.2) is 47.4 Å². The van der Waals surface area contributed by atoms with Crippen molar-refractivity contribution >= 4 is 21.7 Å². The fourth-order valence-electron chi connectivity index (χ4n) is 7.98. The number of fused-ring (bicyclic) bond motifs is 3. The predicted octanol–water partition coefficient (Wildman–Crippen LogP) is 7.43. The molecule has 2 fully saturated rings. The van der Waals surface area contributed by atoms with E-state index in [1.807, 2.05) is 6.92 Å². The Labute approximate surface area is 268 Å². The first kappa shape index (κ1) is 35.2. The molecule has 2 aromatic rings. The summed E-state index contributed by atoms with van der Waals surface area (Å²) < 4.78 is 124. The minimum absolute atomic E-state index is 0.0521. The smallest absolute Gasteiger partial charge is 0.435 e. The Hall–Kier alpha value is -3.16. The number of carboxylic acids is 1. The van der Waals surface area contributed by atoms with Gasteiger partial charge in [0.25, 0.3) is 0 Å². The number of carbonyl (C=O) groups is 2. The number of rotatable bonds is 7. The number of nitrogens with zero attached hydrogens (tertiary/aromatic N) is 1. The van der Waals surface area contributed by atoms with Gasteiger partial charge in [-0.2, -0.15) is 26.3 Å². The summed E-state index contributed by atoms with van der Waals surface area (Å²) in [5.74, 6) is -1.88. The molecule has 2 atom stereocenters. The van der Waals surface area contributed by atoms with Crippen LogP contribution in [0.5, 0.6) is 0 Å². The Morgan fingerprint density at radius 3 is 2.00 bits per heavy atom. The maximum absolute atomic E-state index is 15.1. The van der Waals surface area contributed by atoms with Crippen LogP contribution in [0.1, 0.15) is 81.0 Å². The van der Waals surface area contributed by atoms with Gasteiger partial charge in [0.15, 0.2) is 9.84 Å². The molecule has 3 aliphatic rings. The molecule has 1 heterocycles. The third kappa shape index (κ3) is 5.23. The molecule has 2 unspecified atom stereocenters. The van der Waals surface area contributed by atoms with Gasteiger partial charge in [0.05, 0.1) is 16.4 Å². The second-order valence-electron chi connectivity index (χ2n) is 13.0. The topological polar surface area (TPSA) is 91.8 Å². The van der Waals surface area contributed by atoms with Crippen LogP contribution < -0.4 is 0 Å². The number of alkyl halides is 7. The lowest BCUT2D eigenvalue weighted by molar-refractivity contribution is -0.348. The number of halogens is 7. The lowest BCUT2D eigenvalue weighted by Gasteiger charge is -2.44. The zero-order chi connectivity index (χ0) is 34.8. The molecule has 0 radical (unpaired) electrons. The van der Waals surface area contributed by atoms with Crippen LogP contribution in [0, 0.1) is 11.3 Å². The third-order valence-electron chi connectivity index (χ3n) is 10.9. The summed E-state index contributed by atoms with van der Waals surface area (Å²) in [7, 11) is -4.44. The summed E-state index contributed by atoms with van der Waals surface area (Å²) in [6, 6.07) is 6.65. The van der Waals surface area contributed by atoms with Crippen molar-refractivity contribution in [2.24, 2.45) is 11.3 Å². The van der Waals surface area contributed by atoms with Gasteiger partial charge in [-0.1, -0.05) is 44.2 Å². The van der Waals surface area contributed by atoms with Crippen molar-refractivity contribution in [3.05, 3.63) is 64.7 Å². The fourth-order valence-corrected chi connectivity index (χ4v) is 10.3. The van der Waals surface area contributed by atoms with Gasteiger partial charge in [0, 0.05) is 18.0 Å². The van der Waals surface area contributed by atoms with E-state index < -0.39 is 61.5 Å². The molecule has 258 valence electrons. The number of likely N-dealkylation sites (tertiary alicyclic amines) is 1. The average Bonchev–Trinajstić information content (AvgIpc) is 3.44. The highest BCUT2D eigenvalue weighted by atomic mass is 32.2. The molecule has 0 aromatic heterocycles. The number of hydrogen-bond acceptors (Lipinski definition) is 4. The molecular weight excluding hydrogens is 655 g/mol. The van der Waals surface area contributed by atoms with E-state index >= 15 is 4.39 Å². The molecule has 1 saturated heterocycles. The number of benzene rings is 2. The largest absolute Gasteiger partial charge is 0.481 e. The van der Waals surface area contributed by atoms with E-state index in [-0.39, 0.29) is 73.4 Å². The molecule has 6 nitrogen and oxygen atoms in total. The van der Waals surface area contributed by atoms with Crippen LogP contribution >= 0.6 is 0 Å². The van der Waals surface area contributed by atoms with E-state index in [4.69, 9.17) is 0 Å². The second-order valence-corrected chi connectivity index (χ2v) is 15.2. The summed E-state index contributed by atoms with van der Waals surface area (Å²) in [5.41, 5.74) is -7.73. The Morgan fingerprint density at radius 2 is 1.49 bits per heavy atom. The molecule has 1 N–H and O–H groups in total. The Kier molecular flexibility index (Phi) is 8.80. The van der Waals surface area contributed by atoms with Crippen LogP contribution in [0.3, 0.4) is 0 Å². The van der Waals surface area contributed by atoms with Gasteiger partial charge in [0.1, 0.15) is 4.75 Å². The van der Waals surface area contributed by atoms with Crippen LogP contribution in [0.4, 0.5) is 30.7 Å². The highest BCUT2D eigenvalue weighted by Gasteiger charge is 2.74. The lowest BCUT2D eigenvalue weighted by atomic mass is 9.68. The van der Waals surface area contributed by atoms with Crippen molar-refractivity contribution < 1.29 is 53.8 Å². The van der Waals surface area contributed by atoms with Crippen molar-refractivity contribution in [2.75, 3.05) is 6.54 Å². The van der Waals surface area contributed by atoms with Crippen LogP contribution in [-0.4, -0.2) is 55.2 Å². The number of aliphatic carboxylic acids is 1. The Morgan fingerprint density at radius 1 is 0.894 bits per heavy atom. The number of amides is 1. The maximum Gasteiger partial charge on any atom is 0.435 e. The van der Waals surface area contributed by atoms with Gasteiger partial charge in [-0.05, 0) is 86.6 Å². The van der Waals surface area contributed by atoms with Crippen LogP contribution in [-0.2, 0) is 42.7 Å². The summed E-state index contributed by atoms with van der Waals surface area (Å²) in [4.78, 5) is 27.3. The van der Waals surface area contributed by atoms with Gasteiger partial charge < -0.3 is 10.0 Å². The van der Waals surface area contributed by atoms with E-state index in [1.54, 1.807) is 19.1 Å². The van der Waals surface area contributed by atoms with E-state index in [1.165, 1.54) is 17.0 Å². The van der Waals surface area contributed by atoms with Gasteiger partial charge in [-0.15, -0.1) is 0 Å². The highest BCUT2D eigenvalue weighted by Crippen LogP contribution is 2.57. The molecule has 5 rings (SSSR count). The molecule has 47 heavy (non-hydrogen) atoms. The zero-order valence-electron chi connectivity index (χ0n) is 25.8. The molecule has 0 spiro atoms. The number of sulfone groups is 1. The van der Waals surface area contributed by atoms with Gasteiger partial charge in [-0.25, -0.2) is 12.8 Å². The minimum Gasteiger partial charge on any atom is -0.481 e. The highest BCUT2D eigenvalue weighted by molar-refractivity contribution is 7.92. The van der Waals surface area contributed by atoms with Gasteiger partial charge >= 0.3 is 24.0 Å². The van der Waals surface area contributed by atoms with Crippen molar-refractivity contribution in [2.45, 2.75) is 105 Å². The molecule has 0 bridgehead atoms. The van der Waals surface area contributed by atoms with Crippen molar-refractivity contribution in [3.63, 3.8) is 0 Å². The Balaban J connectivity index is 1.61. The lowest BCUT2D eigenvalue weighted by Crippen LogP contribution is -2.54. The third-order valence-corrected chi connectivity index (χ3v) is 13.4. The summed E-state index contributed by atoms with van der Waals surface area (Å²) in [6.07, 6.45) is -11.1. The van der Waals surface area contributed by atoms with Crippen LogP contribution in [0.25, 0.3) is 0 Å². The SMILES string of the molecule is CCc1ccc(S(=O)(=O)C23CCN(C(=O)C4CCC(CC)(C(=O)O)CC4)C2CCc2cc(C(F)(C(F)(F)F)C(F)(F)F)ccc23)cc1. The molecule has 2 aliphatic carbocycles. The average molecular weight is 692 g/mol. The maximum atomic E-state index is 15.1. The number of hydrogen-bond donors (Lipinski definition) is 1. The molecular formula is C33H36F7NO5S. The minimum atomic E-state index is -6.34. The summed E-state index contributed by atoms with van der Waals surface area (Å²) >= 11 is 0. The van der Waals surface area contributed by atoms with Gasteiger partial charge in [-0.3, -0.25) is 9.59 Å². The van der Waals surface area contributed by atoms with E-state index in [9.17, 15) is 49.5 Å². The van der Waals surface area contributed by atoms with E-state index in [2.05, 4.69) is 0 Å². The number of carboxylic acid groups (broad SMARTS) is 1. The first-order valence-electron chi connectivity index (χ1n) is 15.6. The fraction of sp³-hybridized carbons (Fsp3) is 0.576. The van der Waals surface area contributed by atoms with Crippen molar-refractivity contribution in [3.8, 4) is 0 Å². The summed E-state index contributed by atoms with van der Waals surface area (Å²) in [5, 5.41) is 9.79. The predicted molar refractivity (Wildman–Crippen MR) is 157 cm³/mol. The van der Waals surface area contributed by atoms with Gasteiger partial charge in [0.2, 0.25) is 5.91 Å². The standard InChI is InChI=1S/C33H36F7NO5S/c1-3-20-5-9-24(10-6-20)47(45,46)30-17-18-41(27(42)21-13-15-29(4-2,16-14-21)28(43)44)26(30)12-7-22-19-23(8-11-25(22)30)31(34,32(35,36)37)33(38,39)40/h5-6,8-11,19,21,26H,3-4,7,12-18H2,1-2H3,(H,43,44). The quantitative estimate of drug-likeness (QED) is 0.305. The first-order chi connectivity index (χ1) is 21.8. The van der Waals surface area contributed by atoms with Crippen LogP contribution in [0.2, 0.25) is 0 Å². The first-order valence-corrected chi connectivity index (χ1v) is 17.1. The van der Waals surface area contributed by atoms with E-state index in [0.29, 0.717) is 25.0 Å². The number of aryl methyl sites for hydroxylation is 2. The normalized spacial score (nSPS) is 26.9. The zero-order valence-corrected chi connectivity index (χ0v) is 26.7. The van der Waals surface area contributed by atoms with E-state index in [0.717, 1.165) is 11.6 Å². The molecule has 1 saturated carbocycles. The molecule has 2 aromatic carbocycles. The molecule has 14 heteroatoms. The summed E-state index contributed by atoms with van der Waals surface area (Å²) in [6.45, 7) is 3.58. The van der Waals surface area contributed by atoms with Crippen molar-refractivity contribution in [1.29, 1.82) is 0 Å². The number of carbonyl (C=O) groups excluding carboxylic acids is 1.